The molecule has 0 saturated carbocycles. The summed E-state index contributed by atoms with van der Waals surface area (Å²) in [5, 5.41) is 5.85. The van der Waals surface area contributed by atoms with Crippen molar-refractivity contribution in [3.63, 3.8) is 0 Å². The summed E-state index contributed by atoms with van der Waals surface area (Å²) in [6.45, 7) is 4.88. The molecule has 2 nitrogen and oxygen atoms in total. The maximum absolute atomic E-state index is 4.61. The largest absolute Gasteiger partial charge is 0.267 e. The minimum atomic E-state index is 0.804. The van der Waals surface area contributed by atoms with Crippen molar-refractivity contribution >= 4 is 24.2 Å². The molecule has 1 aromatic carbocycles. The third kappa shape index (κ3) is 3.25. The van der Waals surface area contributed by atoms with Gasteiger partial charge in [0.2, 0.25) is 0 Å². The lowest BCUT2D eigenvalue weighted by atomic mass is 9.93. The molecule has 0 aliphatic carbocycles. The lowest BCUT2D eigenvalue weighted by Crippen LogP contribution is -2.01. The third-order valence-corrected chi connectivity index (χ3v) is 3.14. The van der Waals surface area contributed by atoms with E-state index in [4.69, 9.17) is 0 Å². The van der Waals surface area contributed by atoms with E-state index < -0.39 is 0 Å². The van der Waals surface area contributed by atoms with Crippen LogP contribution in [0.4, 0.5) is 0 Å². The summed E-state index contributed by atoms with van der Waals surface area (Å²) >= 11 is 0. The van der Waals surface area contributed by atoms with E-state index in [9.17, 15) is 0 Å². The van der Waals surface area contributed by atoms with Crippen molar-refractivity contribution in [2.45, 2.75) is 20.4 Å². The zero-order chi connectivity index (χ0) is 13.7. The lowest BCUT2D eigenvalue weighted by Gasteiger charge is -2.01. The van der Waals surface area contributed by atoms with Gasteiger partial charge in [0.15, 0.2) is 0 Å². The van der Waals surface area contributed by atoms with Crippen LogP contribution in [-0.2, 0) is 6.54 Å². The minimum Gasteiger partial charge on any atom is -0.267 e. The number of nitrogens with zero attached hydrogens (tertiary/aromatic N) is 2. The molecule has 1 aromatic heterocycles. The number of fused-ring (bicyclic) bond motifs is 1. The van der Waals surface area contributed by atoms with Gasteiger partial charge in [-0.2, -0.15) is 5.10 Å². The lowest BCUT2D eigenvalue weighted by molar-refractivity contribution is 0.694. The number of hydrogen-bond acceptors (Lipinski definition) is 1. The second-order valence-electron chi connectivity index (χ2n) is 4.58. The fourth-order valence-electron chi connectivity index (χ4n) is 2.04. The highest BCUT2D eigenvalue weighted by Crippen LogP contribution is 2.10. The Bertz CT molecular complexity index is 648. The Balaban J connectivity index is 2.23. The molecule has 3 heteroatoms. The van der Waals surface area contributed by atoms with E-state index in [1.54, 1.807) is 0 Å². The normalized spacial score (nSPS) is 13.1. The number of allylic oxidation sites excluding steroid dienone is 6. The topological polar surface area (TPSA) is 17.8 Å². The molecular formula is C16H19BN2. The van der Waals surface area contributed by atoms with Gasteiger partial charge in [0.05, 0.1) is 12.1 Å². The molecule has 0 atom stereocenters. The molecule has 2 aromatic rings. The first kappa shape index (κ1) is 13.4. The molecule has 0 radical (unpaired) electrons. The van der Waals surface area contributed by atoms with Crippen LogP contribution in [0.15, 0.2) is 60.3 Å². The number of aromatic nitrogens is 2. The third-order valence-electron chi connectivity index (χ3n) is 3.14. The van der Waals surface area contributed by atoms with Crippen molar-refractivity contribution in [2.75, 3.05) is 0 Å². The molecule has 2 rings (SSSR count). The molecule has 0 bridgehead atoms. The van der Waals surface area contributed by atoms with E-state index in [1.807, 2.05) is 23.8 Å². The monoisotopic (exact) mass is 250 g/mol. The fraction of sp³-hybridized carbons (Fsp3) is 0.188. The van der Waals surface area contributed by atoms with Crippen LogP contribution >= 0.6 is 0 Å². The Morgan fingerprint density at radius 3 is 2.84 bits per heavy atom. The molecule has 0 N–H and O–H groups in total. The quantitative estimate of drug-likeness (QED) is 0.601. The van der Waals surface area contributed by atoms with Crippen LogP contribution in [0.3, 0.4) is 0 Å². The summed E-state index contributed by atoms with van der Waals surface area (Å²) in [6, 6.07) is 6.23. The van der Waals surface area contributed by atoms with Crippen LogP contribution in [-0.4, -0.2) is 17.6 Å². The second-order valence-corrected chi connectivity index (χ2v) is 4.58. The van der Waals surface area contributed by atoms with Gasteiger partial charge in [0, 0.05) is 11.6 Å². The van der Waals surface area contributed by atoms with E-state index in [2.05, 4.69) is 62.5 Å². The Labute approximate surface area is 115 Å². The van der Waals surface area contributed by atoms with E-state index in [0.717, 1.165) is 12.1 Å². The molecule has 1 heterocycles. The number of rotatable bonds is 4. The van der Waals surface area contributed by atoms with Gasteiger partial charge in [-0.3, -0.25) is 4.68 Å². The molecule has 0 saturated heterocycles. The highest BCUT2D eigenvalue weighted by atomic mass is 15.3. The van der Waals surface area contributed by atoms with Gasteiger partial charge in [-0.1, -0.05) is 48.0 Å². The molecule has 0 aliphatic heterocycles. The summed E-state index contributed by atoms with van der Waals surface area (Å²) in [6.07, 6.45) is 12.5. The van der Waals surface area contributed by atoms with Crippen molar-refractivity contribution in [3.8, 4) is 0 Å². The SMILES string of the molecule is Bc1cccc2nn(CC(/C=C\C=C/C)=C/C)cc12. The van der Waals surface area contributed by atoms with Gasteiger partial charge in [-0.05, 0) is 25.5 Å². The van der Waals surface area contributed by atoms with E-state index in [1.165, 1.54) is 16.4 Å². The van der Waals surface area contributed by atoms with Crippen LogP contribution in [0, 0.1) is 0 Å². The predicted molar refractivity (Wildman–Crippen MR) is 85.6 cm³/mol. The Hall–Kier alpha value is -2.03. The Kier molecular flexibility index (Phi) is 4.40. The number of benzene rings is 1. The summed E-state index contributed by atoms with van der Waals surface area (Å²) in [5.74, 6) is 0. The van der Waals surface area contributed by atoms with Crippen LogP contribution in [0.2, 0.25) is 0 Å². The zero-order valence-electron chi connectivity index (χ0n) is 11.8. The molecular weight excluding hydrogens is 231 g/mol. The molecule has 19 heavy (non-hydrogen) atoms. The van der Waals surface area contributed by atoms with Gasteiger partial charge in [0.25, 0.3) is 0 Å². The maximum Gasteiger partial charge on any atom is 0.140 e. The summed E-state index contributed by atoms with van der Waals surface area (Å²) < 4.78 is 2.01. The highest BCUT2D eigenvalue weighted by molar-refractivity contribution is 6.38. The van der Waals surface area contributed by atoms with Crippen molar-refractivity contribution in [1.82, 2.24) is 9.78 Å². The van der Waals surface area contributed by atoms with Crippen molar-refractivity contribution in [2.24, 2.45) is 0 Å². The van der Waals surface area contributed by atoms with Crippen LogP contribution < -0.4 is 5.46 Å². The van der Waals surface area contributed by atoms with Gasteiger partial charge in [0.1, 0.15) is 7.85 Å². The summed E-state index contributed by atoms with van der Waals surface area (Å²) in [4.78, 5) is 0. The zero-order valence-corrected chi connectivity index (χ0v) is 11.8. The Morgan fingerprint density at radius 1 is 1.32 bits per heavy atom. The number of hydrogen-bond donors (Lipinski definition) is 0. The first-order valence-electron chi connectivity index (χ1n) is 6.62. The average molecular weight is 250 g/mol. The predicted octanol–water partition coefficient (Wildman–Crippen LogP) is 2.37. The highest BCUT2D eigenvalue weighted by Gasteiger charge is 2.03. The summed E-state index contributed by atoms with van der Waals surface area (Å²) in [7, 11) is 2.12. The van der Waals surface area contributed by atoms with E-state index >= 15 is 0 Å². The summed E-state index contributed by atoms with van der Waals surface area (Å²) in [5.41, 5.74) is 3.59. The van der Waals surface area contributed by atoms with E-state index in [-0.39, 0.29) is 0 Å². The van der Waals surface area contributed by atoms with Gasteiger partial charge in [-0.15, -0.1) is 0 Å². The molecule has 0 amide bonds. The molecule has 0 aliphatic rings. The second kappa shape index (κ2) is 6.23. The standard InChI is InChI=1S/C16H19BN2/c1-3-5-6-8-13(4-2)11-19-12-14-15(17)9-7-10-16(14)18-19/h3-10,12H,11,17H2,1-2H3/b5-3-,8-6-,13-4+. The fourth-order valence-corrected chi connectivity index (χ4v) is 2.04. The molecule has 96 valence electrons. The van der Waals surface area contributed by atoms with Crippen molar-refractivity contribution in [1.29, 1.82) is 0 Å². The van der Waals surface area contributed by atoms with Gasteiger partial charge < -0.3 is 0 Å². The maximum atomic E-state index is 4.61. The first-order chi connectivity index (χ1) is 9.24. The molecule has 0 spiro atoms. The molecule has 0 unspecified atom stereocenters. The van der Waals surface area contributed by atoms with Gasteiger partial charge >= 0.3 is 0 Å². The van der Waals surface area contributed by atoms with Crippen LogP contribution in [0.25, 0.3) is 10.9 Å². The Morgan fingerprint density at radius 2 is 2.16 bits per heavy atom. The first-order valence-corrected chi connectivity index (χ1v) is 6.62. The average Bonchev–Trinajstić information content (AvgIpc) is 2.82. The van der Waals surface area contributed by atoms with Crippen LogP contribution in [0.1, 0.15) is 13.8 Å². The smallest absolute Gasteiger partial charge is 0.140 e. The van der Waals surface area contributed by atoms with Crippen molar-refractivity contribution in [3.05, 3.63) is 60.3 Å². The molecule has 0 fully saturated rings. The van der Waals surface area contributed by atoms with E-state index in [0.29, 0.717) is 0 Å². The van der Waals surface area contributed by atoms with Crippen LogP contribution in [0.5, 0.6) is 0 Å². The minimum absolute atomic E-state index is 0.804. The van der Waals surface area contributed by atoms with Crippen molar-refractivity contribution < 1.29 is 0 Å². The van der Waals surface area contributed by atoms with Gasteiger partial charge in [-0.25, -0.2) is 0 Å².